The number of rotatable bonds is 4. The van der Waals surface area contributed by atoms with Gasteiger partial charge >= 0.3 is 0 Å². The molecule has 0 amide bonds. The van der Waals surface area contributed by atoms with Crippen molar-refractivity contribution in [3.8, 4) is 0 Å². The summed E-state index contributed by atoms with van der Waals surface area (Å²) >= 11 is 5.17. The number of nitrogens with zero attached hydrogens (tertiary/aromatic N) is 1. The van der Waals surface area contributed by atoms with Gasteiger partial charge in [0.15, 0.2) is 0 Å². The van der Waals surface area contributed by atoms with Crippen molar-refractivity contribution in [2.24, 2.45) is 0 Å². The van der Waals surface area contributed by atoms with E-state index < -0.39 is 0 Å². The zero-order valence-corrected chi connectivity index (χ0v) is 14.5. The van der Waals surface area contributed by atoms with Crippen LogP contribution in [0.1, 0.15) is 43.0 Å². The van der Waals surface area contributed by atoms with Crippen LogP contribution < -0.4 is 0 Å². The van der Waals surface area contributed by atoms with E-state index in [1.54, 1.807) is 11.3 Å². The summed E-state index contributed by atoms with van der Waals surface area (Å²) in [6.45, 7) is 6.65. The van der Waals surface area contributed by atoms with Crippen molar-refractivity contribution in [1.82, 2.24) is 4.98 Å². The first-order valence-corrected chi connectivity index (χ1v) is 8.38. The summed E-state index contributed by atoms with van der Waals surface area (Å²) in [7, 11) is 0. The normalized spacial score (nSPS) is 13.4. The van der Waals surface area contributed by atoms with Crippen LogP contribution in [-0.2, 0) is 11.8 Å². The molecular formula is C16H20BrNOS. The quantitative estimate of drug-likeness (QED) is 0.876. The molecule has 1 N–H and O–H groups in total. The van der Waals surface area contributed by atoms with E-state index in [0.717, 1.165) is 27.2 Å². The molecular weight excluding hydrogens is 334 g/mol. The smallest absolute Gasteiger partial charge is 0.0935 e. The van der Waals surface area contributed by atoms with Crippen LogP contribution in [0.25, 0.3) is 0 Å². The highest BCUT2D eigenvalue weighted by molar-refractivity contribution is 9.10. The van der Waals surface area contributed by atoms with Gasteiger partial charge in [0.1, 0.15) is 0 Å². The van der Waals surface area contributed by atoms with Gasteiger partial charge in [0.2, 0.25) is 0 Å². The van der Waals surface area contributed by atoms with Gasteiger partial charge in [0.25, 0.3) is 0 Å². The van der Waals surface area contributed by atoms with Gasteiger partial charge in [-0.2, -0.15) is 0 Å². The zero-order valence-electron chi connectivity index (χ0n) is 12.1. The molecule has 1 unspecified atom stereocenters. The third-order valence-electron chi connectivity index (χ3n) is 3.28. The van der Waals surface area contributed by atoms with Crippen molar-refractivity contribution < 1.29 is 5.11 Å². The molecule has 0 spiro atoms. The van der Waals surface area contributed by atoms with Crippen molar-refractivity contribution in [1.29, 1.82) is 0 Å². The fourth-order valence-electron chi connectivity index (χ4n) is 2.01. The van der Waals surface area contributed by atoms with Gasteiger partial charge in [-0.25, -0.2) is 4.98 Å². The van der Waals surface area contributed by atoms with Crippen molar-refractivity contribution in [3.05, 3.63) is 50.4 Å². The van der Waals surface area contributed by atoms with Gasteiger partial charge in [-0.3, -0.25) is 0 Å². The molecule has 108 valence electrons. The van der Waals surface area contributed by atoms with Crippen LogP contribution in [0.3, 0.4) is 0 Å². The number of hydrogen-bond donors (Lipinski definition) is 1. The number of aromatic nitrogens is 1. The molecule has 2 rings (SSSR count). The molecule has 1 aromatic heterocycles. The number of halogens is 1. The minimum atomic E-state index is 0.0826. The summed E-state index contributed by atoms with van der Waals surface area (Å²) in [5.74, 6) is 0.103. The second-order valence-electron chi connectivity index (χ2n) is 6.02. The average Bonchev–Trinajstić information content (AvgIpc) is 2.84. The number of aliphatic hydroxyl groups excluding tert-OH is 1. The minimum Gasteiger partial charge on any atom is -0.396 e. The fourth-order valence-corrected chi connectivity index (χ4v) is 3.53. The molecule has 1 heterocycles. The molecule has 0 bridgehead atoms. The molecule has 0 aliphatic rings. The maximum Gasteiger partial charge on any atom is 0.0935 e. The number of hydrogen-bond acceptors (Lipinski definition) is 3. The summed E-state index contributed by atoms with van der Waals surface area (Å²) in [6.07, 6.45) is 0.785. The minimum absolute atomic E-state index is 0.0826. The third kappa shape index (κ3) is 3.90. The second kappa shape index (κ2) is 6.37. The average molecular weight is 354 g/mol. The number of benzene rings is 1. The molecule has 4 heteroatoms. The van der Waals surface area contributed by atoms with Gasteiger partial charge in [0, 0.05) is 27.6 Å². The van der Waals surface area contributed by atoms with E-state index in [0.29, 0.717) is 0 Å². The molecule has 2 aromatic rings. The maximum absolute atomic E-state index is 9.66. The van der Waals surface area contributed by atoms with Crippen LogP contribution in [0.4, 0.5) is 0 Å². The topological polar surface area (TPSA) is 33.1 Å². The first-order valence-electron chi connectivity index (χ1n) is 6.71. The standard InChI is InChI=1S/C16H20BrNOS/c1-16(2,3)14-10-20-15(18-14)8-12(9-19)11-5-4-6-13(17)7-11/h4-7,10,12,19H,8-9H2,1-3H3. The first kappa shape index (κ1) is 15.7. The van der Waals surface area contributed by atoms with Crippen molar-refractivity contribution in [2.75, 3.05) is 6.61 Å². The lowest BCUT2D eigenvalue weighted by molar-refractivity contribution is 0.264. The van der Waals surface area contributed by atoms with Gasteiger partial charge in [-0.05, 0) is 17.7 Å². The van der Waals surface area contributed by atoms with Crippen molar-refractivity contribution >= 4 is 27.3 Å². The molecule has 0 fully saturated rings. The summed E-state index contributed by atoms with van der Waals surface area (Å²) in [6, 6.07) is 8.13. The van der Waals surface area contributed by atoms with Gasteiger partial charge < -0.3 is 5.11 Å². The number of thiazole rings is 1. The highest BCUT2D eigenvalue weighted by Gasteiger charge is 2.19. The Morgan fingerprint density at radius 2 is 2.10 bits per heavy atom. The first-order chi connectivity index (χ1) is 9.40. The van der Waals surface area contributed by atoms with Crippen LogP contribution in [0.5, 0.6) is 0 Å². The summed E-state index contributed by atoms with van der Waals surface area (Å²) < 4.78 is 1.04. The summed E-state index contributed by atoms with van der Waals surface area (Å²) in [5, 5.41) is 12.9. The molecule has 20 heavy (non-hydrogen) atoms. The fraction of sp³-hybridized carbons (Fsp3) is 0.438. The molecule has 0 saturated heterocycles. The van der Waals surface area contributed by atoms with E-state index in [-0.39, 0.29) is 17.9 Å². The highest BCUT2D eigenvalue weighted by atomic mass is 79.9. The number of aliphatic hydroxyl groups is 1. The SMILES string of the molecule is CC(C)(C)c1csc(CC(CO)c2cccc(Br)c2)n1. The second-order valence-corrected chi connectivity index (χ2v) is 7.87. The van der Waals surface area contributed by atoms with Crippen molar-refractivity contribution in [2.45, 2.75) is 38.5 Å². The van der Waals surface area contributed by atoms with E-state index in [2.05, 4.69) is 54.2 Å². The Balaban J connectivity index is 2.16. The van der Waals surface area contributed by atoms with Crippen LogP contribution in [-0.4, -0.2) is 16.7 Å². The highest BCUT2D eigenvalue weighted by Crippen LogP contribution is 2.28. The van der Waals surface area contributed by atoms with Gasteiger partial charge in [-0.1, -0.05) is 48.8 Å². The zero-order chi connectivity index (χ0) is 14.8. The molecule has 0 aliphatic carbocycles. The molecule has 0 aliphatic heterocycles. The Kier molecular flexibility index (Phi) is 4.99. The summed E-state index contributed by atoms with van der Waals surface area (Å²) in [4.78, 5) is 4.71. The van der Waals surface area contributed by atoms with E-state index in [9.17, 15) is 5.11 Å². The Morgan fingerprint density at radius 3 is 2.65 bits per heavy atom. The Labute approximate surface area is 133 Å². The molecule has 1 aromatic carbocycles. The lowest BCUT2D eigenvalue weighted by Crippen LogP contribution is -2.12. The molecule has 1 atom stereocenters. The third-order valence-corrected chi connectivity index (χ3v) is 4.65. The lowest BCUT2D eigenvalue weighted by atomic mass is 9.93. The predicted octanol–water partition coefficient (Wildman–Crippen LogP) is 4.52. The van der Waals surface area contributed by atoms with Crippen LogP contribution in [0.2, 0.25) is 0 Å². The Morgan fingerprint density at radius 1 is 1.35 bits per heavy atom. The van der Waals surface area contributed by atoms with Gasteiger partial charge in [-0.15, -0.1) is 11.3 Å². The lowest BCUT2D eigenvalue weighted by Gasteiger charge is -2.15. The molecule has 0 saturated carbocycles. The van der Waals surface area contributed by atoms with Gasteiger partial charge in [0.05, 0.1) is 17.3 Å². The largest absolute Gasteiger partial charge is 0.396 e. The summed E-state index contributed by atoms with van der Waals surface area (Å²) in [5.41, 5.74) is 2.36. The molecule has 0 radical (unpaired) electrons. The molecule has 2 nitrogen and oxygen atoms in total. The van der Waals surface area contributed by atoms with Crippen LogP contribution >= 0.6 is 27.3 Å². The predicted molar refractivity (Wildman–Crippen MR) is 88.5 cm³/mol. The van der Waals surface area contributed by atoms with Crippen LogP contribution in [0, 0.1) is 0 Å². The van der Waals surface area contributed by atoms with Crippen LogP contribution in [0.15, 0.2) is 34.1 Å². The maximum atomic E-state index is 9.66. The van der Waals surface area contributed by atoms with E-state index in [1.165, 1.54) is 0 Å². The Bertz CT molecular complexity index is 574. The van der Waals surface area contributed by atoms with E-state index in [1.807, 2.05) is 12.1 Å². The van der Waals surface area contributed by atoms with Crippen molar-refractivity contribution in [3.63, 3.8) is 0 Å². The van der Waals surface area contributed by atoms with E-state index >= 15 is 0 Å². The Hall–Kier alpha value is -0.710. The monoisotopic (exact) mass is 353 g/mol. The van der Waals surface area contributed by atoms with E-state index in [4.69, 9.17) is 4.98 Å².